The number of carbonyl (C=O) groups is 1. The number of nitrogens with zero attached hydrogens (tertiary/aromatic N) is 3. The van der Waals surface area contributed by atoms with Gasteiger partial charge in [0.15, 0.2) is 0 Å². The van der Waals surface area contributed by atoms with Crippen LogP contribution in [0.15, 0.2) is 71.3 Å². The topological polar surface area (TPSA) is 73.0 Å². The Labute approximate surface area is 162 Å². The molecule has 28 heavy (non-hydrogen) atoms. The number of amides is 1. The molecule has 0 unspecified atom stereocenters. The second-order valence-electron chi connectivity index (χ2n) is 6.47. The van der Waals surface area contributed by atoms with E-state index in [0.29, 0.717) is 17.1 Å². The van der Waals surface area contributed by atoms with Crippen molar-refractivity contribution in [2.75, 3.05) is 0 Å². The maximum atomic E-state index is 12.9. The van der Waals surface area contributed by atoms with Crippen LogP contribution in [0.2, 0.25) is 0 Å². The molecule has 0 atom stereocenters. The van der Waals surface area contributed by atoms with Crippen LogP contribution in [-0.4, -0.2) is 20.7 Å². The van der Waals surface area contributed by atoms with E-state index >= 15 is 0 Å². The summed E-state index contributed by atoms with van der Waals surface area (Å²) < 4.78 is 7.26. The van der Waals surface area contributed by atoms with Crippen LogP contribution in [-0.2, 0) is 6.54 Å². The molecule has 4 aromatic rings. The molecule has 0 spiro atoms. The first-order chi connectivity index (χ1) is 13.6. The van der Waals surface area contributed by atoms with E-state index in [-0.39, 0.29) is 12.5 Å². The molecule has 0 aliphatic heterocycles. The summed E-state index contributed by atoms with van der Waals surface area (Å²) in [7, 11) is 0. The van der Waals surface area contributed by atoms with Gasteiger partial charge in [0.05, 0.1) is 23.5 Å². The van der Waals surface area contributed by atoms with Gasteiger partial charge in [-0.2, -0.15) is 5.10 Å². The number of hydrogen-bond acceptors (Lipinski definition) is 4. The molecule has 0 fully saturated rings. The van der Waals surface area contributed by atoms with Crippen molar-refractivity contribution < 1.29 is 9.21 Å². The van der Waals surface area contributed by atoms with Crippen LogP contribution in [0.4, 0.5) is 0 Å². The van der Waals surface area contributed by atoms with Crippen molar-refractivity contribution in [2.45, 2.75) is 20.4 Å². The molecule has 0 saturated carbocycles. The smallest absolute Gasteiger partial charge is 0.255 e. The number of oxazole rings is 1. The van der Waals surface area contributed by atoms with Crippen LogP contribution in [0.1, 0.15) is 27.7 Å². The lowest BCUT2D eigenvalue weighted by Gasteiger charge is -2.03. The summed E-state index contributed by atoms with van der Waals surface area (Å²) in [6.45, 7) is 3.95. The molecule has 1 amide bonds. The van der Waals surface area contributed by atoms with Gasteiger partial charge < -0.3 is 9.73 Å². The van der Waals surface area contributed by atoms with Gasteiger partial charge in [0.2, 0.25) is 5.89 Å². The Balaban J connectivity index is 1.66. The van der Waals surface area contributed by atoms with Gasteiger partial charge in [0, 0.05) is 11.8 Å². The second-order valence-corrected chi connectivity index (χ2v) is 6.47. The number of hydrogen-bond donors (Lipinski definition) is 1. The molecule has 0 saturated heterocycles. The van der Waals surface area contributed by atoms with E-state index in [1.54, 1.807) is 10.9 Å². The fourth-order valence-electron chi connectivity index (χ4n) is 2.93. The van der Waals surface area contributed by atoms with Crippen molar-refractivity contribution in [3.05, 3.63) is 89.8 Å². The molecule has 2 heterocycles. The monoisotopic (exact) mass is 372 g/mol. The van der Waals surface area contributed by atoms with Gasteiger partial charge in [-0.3, -0.25) is 4.79 Å². The fraction of sp³-hybridized carbons (Fsp3) is 0.136. The lowest BCUT2D eigenvalue weighted by atomic mass is 10.1. The summed E-state index contributed by atoms with van der Waals surface area (Å²) in [5.74, 6) is 1.01. The number of rotatable bonds is 5. The summed E-state index contributed by atoms with van der Waals surface area (Å²) in [5, 5.41) is 7.54. The number of aromatic nitrogens is 3. The lowest BCUT2D eigenvalue weighted by Crippen LogP contribution is -2.23. The Kier molecular flexibility index (Phi) is 4.76. The minimum Gasteiger partial charge on any atom is -0.444 e. The van der Waals surface area contributed by atoms with Gasteiger partial charge in [-0.15, -0.1) is 0 Å². The minimum absolute atomic E-state index is 0.220. The van der Waals surface area contributed by atoms with E-state index in [9.17, 15) is 4.79 Å². The van der Waals surface area contributed by atoms with Crippen molar-refractivity contribution in [3.63, 3.8) is 0 Å². The van der Waals surface area contributed by atoms with Crippen molar-refractivity contribution in [1.29, 1.82) is 0 Å². The van der Waals surface area contributed by atoms with Gasteiger partial charge in [-0.05, 0) is 26.0 Å². The quantitative estimate of drug-likeness (QED) is 0.573. The zero-order valence-electron chi connectivity index (χ0n) is 15.7. The molecular formula is C22H20N4O2. The van der Waals surface area contributed by atoms with Gasteiger partial charge >= 0.3 is 0 Å². The van der Waals surface area contributed by atoms with Crippen LogP contribution in [0, 0.1) is 13.8 Å². The van der Waals surface area contributed by atoms with Crippen molar-refractivity contribution in [2.24, 2.45) is 0 Å². The largest absolute Gasteiger partial charge is 0.444 e. The molecule has 4 rings (SSSR count). The highest BCUT2D eigenvalue weighted by atomic mass is 16.4. The number of para-hydroxylation sites is 1. The zero-order chi connectivity index (χ0) is 19.5. The molecule has 0 aliphatic rings. The minimum atomic E-state index is -0.227. The molecule has 0 aliphatic carbocycles. The summed E-state index contributed by atoms with van der Waals surface area (Å²) >= 11 is 0. The molecule has 0 bridgehead atoms. The van der Waals surface area contributed by atoms with E-state index in [1.807, 2.05) is 74.5 Å². The van der Waals surface area contributed by atoms with E-state index < -0.39 is 0 Å². The summed E-state index contributed by atoms with van der Waals surface area (Å²) in [6, 6.07) is 19.4. The Morgan fingerprint density at radius 1 is 1.04 bits per heavy atom. The average Bonchev–Trinajstić information content (AvgIpc) is 3.31. The van der Waals surface area contributed by atoms with Gasteiger partial charge in [0.25, 0.3) is 5.91 Å². The Morgan fingerprint density at radius 2 is 1.71 bits per heavy atom. The fourth-order valence-corrected chi connectivity index (χ4v) is 2.93. The standard InChI is InChI=1S/C22H20N4O2/c1-15-16(2)28-20(24-15)13-23-22(27)19-14-26(18-11-7-4-8-12-18)25-21(19)17-9-5-3-6-10-17/h3-12,14H,13H2,1-2H3,(H,23,27). The third kappa shape index (κ3) is 3.57. The first kappa shape index (κ1) is 17.7. The van der Waals surface area contributed by atoms with Gasteiger partial charge in [-0.25, -0.2) is 9.67 Å². The highest BCUT2D eigenvalue weighted by Gasteiger charge is 2.19. The molecular weight excluding hydrogens is 352 g/mol. The average molecular weight is 372 g/mol. The summed E-state index contributed by atoms with van der Waals surface area (Å²) in [6.07, 6.45) is 1.75. The third-order valence-corrected chi connectivity index (χ3v) is 4.50. The lowest BCUT2D eigenvalue weighted by molar-refractivity contribution is 0.0947. The van der Waals surface area contributed by atoms with E-state index in [2.05, 4.69) is 15.4 Å². The van der Waals surface area contributed by atoms with Crippen LogP contribution >= 0.6 is 0 Å². The Morgan fingerprint density at radius 3 is 2.36 bits per heavy atom. The van der Waals surface area contributed by atoms with Crippen molar-refractivity contribution >= 4 is 5.91 Å². The maximum absolute atomic E-state index is 12.9. The van der Waals surface area contributed by atoms with Gasteiger partial charge in [-0.1, -0.05) is 48.5 Å². The second kappa shape index (κ2) is 7.52. The predicted octanol–water partition coefficient (Wildman–Crippen LogP) is 4.07. The first-order valence-electron chi connectivity index (χ1n) is 9.03. The molecule has 6 heteroatoms. The zero-order valence-corrected chi connectivity index (χ0v) is 15.7. The van der Waals surface area contributed by atoms with Crippen molar-refractivity contribution in [1.82, 2.24) is 20.1 Å². The molecule has 6 nitrogen and oxygen atoms in total. The van der Waals surface area contributed by atoms with E-state index in [0.717, 1.165) is 22.7 Å². The molecule has 0 radical (unpaired) electrons. The highest BCUT2D eigenvalue weighted by molar-refractivity contribution is 5.99. The SMILES string of the molecule is Cc1nc(CNC(=O)c2cn(-c3ccccc3)nc2-c2ccccc2)oc1C. The Hall–Kier alpha value is -3.67. The number of aryl methyl sites for hydroxylation is 2. The van der Waals surface area contributed by atoms with Crippen LogP contribution in [0.3, 0.4) is 0 Å². The van der Waals surface area contributed by atoms with Gasteiger partial charge in [0.1, 0.15) is 11.5 Å². The Bertz CT molecular complexity index is 1080. The third-order valence-electron chi connectivity index (χ3n) is 4.50. The first-order valence-corrected chi connectivity index (χ1v) is 9.03. The van der Waals surface area contributed by atoms with Crippen LogP contribution in [0.5, 0.6) is 0 Å². The molecule has 140 valence electrons. The summed E-state index contributed by atoms with van der Waals surface area (Å²) in [5.41, 5.74) is 3.71. The molecule has 2 aromatic carbocycles. The number of nitrogens with one attached hydrogen (secondary N) is 1. The highest BCUT2D eigenvalue weighted by Crippen LogP contribution is 2.23. The summed E-state index contributed by atoms with van der Waals surface area (Å²) in [4.78, 5) is 17.2. The predicted molar refractivity (Wildman–Crippen MR) is 106 cm³/mol. The number of benzene rings is 2. The normalized spacial score (nSPS) is 10.8. The van der Waals surface area contributed by atoms with Crippen LogP contribution < -0.4 is 5.32 Å². The molecule has 1 N–H and O–H groups in total. The van der Waals surface area contributed by atoms with E-state index in [4.69, 9.17) is 4.42 Å². The van der Waals surface area contributed by atoms with E-state index in [1.165, 1.54) is 0 Å². The number of carbonyl (C=O) groups excluding carboxylic acids is 1. The van der Waals surface area contributed by atoms with Crippen LogP contribution in [0.25, 0.3) is 16.9 Å². The maximum Gasteiger partial charge on any atom is 0.255 e. The van der Waals surface area contributed by atoms with Crippen molar-refractivity contribution in [3.8, 4) is 16.9 Å². The molecule has 2 aromatic heterocycles.